The Balaban J connectivity index is 1.28. The summed E-state index contributed by atoms with van der Waals surface area (Å²) >= 11 is 0. The fourth-order valence-electron chi connectivity index (χ4n) is 4.43. The quantitative estimate of drug-likeness (QED) is 0.428. The number of aromatic nitrogens is 2. The third-order valence-corrected chi connectivity index (χ3v) is 6.27. The lowest BCUT2D eigenvalue weighted by atomic mass is 10.1. The van der Waals surface area contributed by atoms with Crippen molar-refractivity contribution < 1.29 is 13.9 Å². The number of amides is 1. The molecule has 5 rings (SSSR count). The average molecular weight is 459 g/mol. The highest BCUT2D eigenvalue weighted by Crippen LogP contribution is 2.32. The van der Waals surface area contributed by atoms with Gasteiger partial charge in [-0.2, -0.15) is 0 Å². The number of carbonyl (C=O) groups excluding carboxylic acids is 1. The first-order valence-electron chi connectivity index (χ1n) is 11.4. The zero-order valence-electron chi connectivity index (χ0n) is 19.1. The van der Waals surface area contributed by atoms with E-state index in [1.807, 2.05) is 66.2 Å². The van der Waals surface area contributed by atoms with Crippen molar-refractivity contribution in [3.63, 3.8) is 0 Å². The van der Waals surface area contributed by atoms with Gasteiger partial charge < -0.3 is 14.0 Å². The fourth-order valence-corrected chi connectivity index (χ4v) is 4.43. The molecule has 34 heavy (non-hydrogen) atoms. The summed E-state index contributed by atoms with van der Waals surface area (Å²) in [5, 5.41) is 0. The van der Waals surface area contributed by atoms with Crippen LogP contribution in [-0.2, 0) is 17.9 Å². The minimum absolute atomic E-state index is 0.0479. The molecule has 0 saturated heterocycles. The van der Waals surface area contributed by atoms with E-state index in [1.165, 1.54) is 6.07 Å². The molecule has 1 aliphatic rings. The number of benzene rings is 2. The molecule has 2 aromatic heterocycles. The van der Waals surface area contributed by atoms with Gasteiger partial charge in [-0.1, -0.05) is 42.5 Å². The Morgan fingerprint density at radius 3 is 2.79 bits per heavy atom. The van der Waals surface area contributed by atoms with Crippen LogP contribution >= 0.6 is 0 Å². The van der Waals surface area contributed by atoms with Gasteiger partial charge in [-0.25, -0.2) is 9.37 Å². The van der Waals surface area contributed by atoms with Gasteiger partial charge in [0.1, 0.15) is 23.3 Å². The number of carbonyl (C=O) groups is 1. The summed E-state index contributed by atoms with van der Waals surface area (Å²) in [6.45, 7) is 2.18. The van der Waals surface area contributed by atoms with Gasteiger partial charge >= 0.3 is 0 Å². The highest BCUT2D eigenvalue weighted by atomic mass is 19.1. The topological polar surface area (TPSA) is 50.1 Å². The molecule has 0 N–H and O–H groups in total. The number of hydrogen-bond acceptors (Lipinski definition) is 4. The first-order valence-corrected chi connectivity index (χ1v) is 11.4. The Morgan fingerprint density at radius 2 is 1.91 bits per heavy atom. The number of nitrogens with zero attached hydrogens (tertiary/aromatic N) is 4. The molecule has 1 aliphatic heterocycles. The number of halogens is 1. The molecule has 6 nitrogen and oxygen atoms in total. The van der Waals surface area contributed by atoms with Crippen LogP contribution in [0.15, 0.2) is 79.1 Å². The van der Waals surface area contributed by atoms with E-state index in [0.717, 1.165) is 22.7 Å². The molecule has 0 bridgehead atoms. The largest absolute Gasteiger partial charge is 0.484 e. The number of para-hydroxylation sites is 1. The Hall–Kier alpha value is -3.71. The van der Waals surface area contributed by atoms with Crippen LogP contribution in [-0.4, -0.2) is 45.2 Å². The highest BCUT2D eigenvalue weighted by Gasteiger charge is 2.26. The molecule has 4 aromatic rings. The van der Waals surface area contributed by atoms with E-state index in [4.69, 9.17) is 4.74 Å². The van der Waals surface area contributed by atoms with Gasteiger partial charge in [-0.05, 0) is 24.3 Å². The van der Waals surface area contributed by atoms with E-state index in [-0.39, 0.29) is 11.7 Å². The summed E-state index contributed by atoms with van der Waals surface area (Å²) in [4.78, 5) is 21.3. The predicted molar refractivity (Wildman–Crippen MR) is 128 cm³/mol. The van der Waals surface area contributed by atoms with Crippen LogP contribution in [0.25, 0.3) is 5.65 Å². The zero-order valence-corrected chi connectivity index (χ0v) is 19.1. The number of imidazole rings is 1. The minimum Gasteiger partial charge on any atom is -0.484 e. The van der Waals surface area contributed by atoms with Crippen LogP contribution in [0.2, 0.25) is 0 Å². The predicted octanol–water partition coefficient (Wildman–Crippen LogP) is 4.46. The standard InChI is InChI=1S/C27H27FN4O2/c1-30(18-21-16-29-26-12-6-7-14-32(21)26)27(33)13-15-31-17-20-8-2-5-11-24(20)34-25(19-31)22-9-3-4-10-23(22)28/h2-12,14,16,25H,13,15,17-19H2,1H3. The van der Waals surface area contributed by atoms with Crippen LogP contribution in [0.4, 0.5) is 4.39 Å². The van der Waals surface area contributed by atoms with E-state index < -0.39 is 6.10 Å². The maximum Gasteiger partial charge on any atom is 0.223 e. The van der Waals surface area contributed by atoms with Crippen molar-refractivity contribution >= 4 is 11.6 Å². The Labute approximate surface area is 198 Å². The van der Waals surface area contributed by atoms with E-state index in [2.05, 4.69) is 9.88 Å². The van der Waals surface area contributed by atoms with E-state index in [1.54, 1.807) is 23.2 Å². The van der Waals surface area contributed by atoms with Gasteiger partial charge in [0, 0.05) is 50.4 Å². The molecule has 1 atom stereocenters. The highest BCUT2D eigenvalue weighted by molar-refractivity contribution is 5.76. The first-order chi connectivity index (χ1) is 16.6. The summed E-state index contributed by atoms with van der Waals surface area (Å²) in [7, 11) is 1.81. The van der Waals surface area contributed by atoms with E-state index in [0.29, 0.717) is 38.2 Å². The molecule has 0 spiro atoms. The molecule has 7 heteroatoms. The van der Waals surface area contributed by atoms with Crippen LogP contribution in [0.5, 0.6) is 5.75 Å². The van der Waals surface area contributed by atoms with Crippen molar-refractivity contribution in [3.05, 3.63) is 102 Å². The molecular formula is C27H27FN4O2. The number of ether oxygens (including phenoxy) is 1. The summed E-state index contributed by atoms with van der Waals surface area (Å²) < 4.78 is 22.8. The molecular weight excluding hydrogens is 431 g/mol. The minimum atomic E-state index is -0.448. The molecule has 1 unspecified atom stereocenters. The maximum absolute atomic E-state index is 14.6. The van der Waals surface area contributed by atoms with Gasteiger partial charge in [0.25, 0.3) is 0 Å². The van der Waals surface area contributed by atoms with Gasteiger partial charge in [-0.15, -0.1) is 0 Å². The van der Waals surface area contributed by atoms with Crippen molar-refractivity contribution in [2.45, 2.75) is 25.6 Å². The summed E-state index contributed by atoms with van der Waals surface area (Å²) in [6.07, 6.45) is 3.67. The SMILES string of the molecule is CN(Cc1cnc2ccccn12)C(=O)CCN1Cc2ccccc2OC(c2ccccc2F)C1. The van der Waals surface area contributed by atoms with Crippen LogP contribution in [0.1, 0.15) is 29.3 Å². The second-order valence-electron chi connectivity index (χ2n) is 8.65. The van der Waals surface area contributed by atoms with Crippen LogP contribution in [0.3, 0.4) is 0 Å². The van der Waals surface area contributed by atoms with Crippen LogP contribution in [0, 0.1) is 5.82 Å². The number of fused-ring (bicyclic) bond motifs is 2. The van der Waals surface area contributed by atoms with Crippen molar-refractivity contribution in [1.29, 1.82) is 0 Å². The lowest BCUT2D eigenvalue weighted by molar-refractivity contribution is -0.130. The van der Waals surface area contributed by atoms with Gasteiger partial charge in [-0.3, -0.25) is 9.69 Å². The van der Waals surface area contributed by atoms with Crippen molar-refractivity contribution in [2.24, 2.45) is 0 Å². The number of rotatable bonds is 6. The van der Waals surface area contributed by atoms with Gasteiger partial charge in [0.05, 0.1) is 18.4 Å². The Bertz CT molecular complexity index is 1300. The second-order valence-corrected chi connectivity index (χ2v) is 8.65. The molecule has 0 saturated carbocycles. The van der Waals surface area contributed by atoms with Gasteiger partial charge in [0.2, 0.25) is 5.91 Å². The van der Waals surface area contributed by atoms with E-state index >= 15 is 0 Å². The third-order valence-electron chi connectivity index (χ3n) is 6.27. The van der Waals surface area contributed by atoms with Crippen molar-refractivity contribution in [3.8, 4) is 5.75 Å². The lowest BCUT2D eigenvalue weighted by Gasteiger charge is -2.25. The van der Waals surface area contributed by atoms with E-state index in [9.17, 15) is 9.18 Å². The number of pyridine rings is 1. The monoisotopic (exact) mass is 458 g/mol. The molecule has 3 heterocycles. The Morgan fingerprint density at radius 1 is 1.12 bits per heavy atom. The van der Waals surface area contributed by atoms with Crippen LogP contribution < -0.4 is 4.74 Å². The number of hydrogen-bond donors (Lipinski definition) is 0. The first kappa shape index (κ1) is 22.1. The maximum atomic E-state index is 14.6. The summed E-state index contributed by atoms with van der Waals surface area (Å²) in [6, 6.07) is 20.4. The van der Waals surface area contributed by atoms with Crippen molar-refractivity contribution in [1.82, 2.24) is 19.2 Å². The molecule has 0 fully saturated rings. The summed E-state index contributed by atoms with van der Waals surface area (Å²) in [5.41, 5.74) is 3.39. The molecule has 0 radical (unpaired) electrons. The third kappa shape index (κ3) is 4.65. The lowest BCUT2D eigenvalue weighted by Crippen LogP contribution is -2.34. The molecule has 174 valence electrons. The molecule has 1 amide bonds. The fraction of sp³-hybridized carbons (Fsp3) is 0.259. The molecule has 2 aromatic carbocycles. The summed E-state index contributed by atoms with van der Waals surface area (Å²) in [5.74, 6) is 0.525. The molecule has 0 aliphatic carbocycles. The second kappa shape index (κ2) is 9.65. The Kier molecular flexibility index (Phi) is 6.27. The normalized spacial score (nSPS) is 16.0. The van der Waals surface area contributed by atoms with Crippen molar-refractivity contribution in [2.75, 3.05) is 20.1 Å². The average Bonchev–Trinajstić information content (AvgIpc) is 3.15. The smallest absolute Gasteiger partial charge is 0.223 e. The van der Waals surface area contributed by atoms with Gasteiger partial charge in [0.15, 0.2) is 0 Å². The zero-order chi connectivity index (χ0) is 23.5.